The van der Waals surface area contributed by atoms with Crippen molar-refractivity contribution in [2.45, 2.75) is 25.2 Å². The molecule has 1 aliphatic heterocycles. The van der Waals surface area contributed by atoms with Crippen molar-refractivity contribution in [3.63, 3.8) is 0 Å². The number of methoxy groups -OCH3 is 2. The molecule has 7 nitrogen and oxygen atoms in total. The Morgan fingerprint density at radius 2 is 1.92 bits per heavy atom. The Bertz CT molecular complexity index is 856. The molecule has 0 aromatic heterocycles. The molecule has 0 aliphatic carbocycles. The van der Waals surface area contributed by atoms with Gasteiger partial charge in [0.15, 0.2) is 9.84 Å². The summed E-state index contributed by atoms with van der Waals surface area (Å²) in [5.74, 6) is 0.548. The molecular weight excluding hydrogens is 344 g/mol. The van der Waals surface area contributed by atoms with Crippen LogP contribution in [0.25, 0.3) is 5.57 Å². The van der Waals surface area contributed by atoms with E-state index in [1.165, 1.54) is 20.3 Å². The molecule has 25 heavy (non-hydrogen) atoms. The first-order valence-corrected chi connectivity index (χ1v) is 9.57. The lowest BCUT2D eigenvalue weighted by atomic mass is 9.96. The van der Waals surface area contributed by atoms with Crippen LogP contribution < -0.4 is 14.9 Å². The Balaban J connectivity index is 2.54. The summed E-state index contributed by atoms with van der Waals surface area (Å²) in [5.41, 5.74) is 4.72. The molecule has 1 atom stereocenters. The average Bonchev–Trinajstić information content (AvgIpc) is 2.55. The number of hydrazone groups is 1. The minimum absolute atomic E-state index is 0.00752. The number of carbonyl (C=O) groups is 1. The number of rotatable bonds is 5. The topological polar surface area (TPSA) is 94.1 Å². The van der Waals surface area contributed by atoms with Gasteiger partial charge in [-0.15, -0.1) is 0 Å². The lowest BCUT2D eigenvalue weighted by Crippen LogP contribution is -2.30. The van der Waals surface area contributed by atoms with Gasteiger partial charge in [-0.2, -0.15) is 5.10 Å². The molecule has 2 rings (SSSR count). The second-order valence-electron chi connectivity index (χ2n) is 5.98. The molecule has 1 N–H and O–H groups in total. The molecule has 0 spiro atoms. The van der Waals surface area contributed by atoms with Crippen molar-refractivity contribution >= 4 is 27.0 Å². The fraction of sp³-hybridized carbons (Fsp3) is 0.412. The fourth-order valence-corrected chi connectivity index (χ4v) is 3.44. The van der Waals surface area contributed by atoms with Crippen LogP contribution >= 0.6 is 0 Å². The van der Waals surface area contributed by atoms with Crippen molar-refractivity contribution < 1.29 is 22.7 Å². The maximum Gasteiger partial charge on any atom is 0.240 e. The van der Waals surface area contributed by atoms with Crippen LogP contribution in [-0.2, 0) is 14.6 Å². The van der Waals surface area contributed by atoms with E-state index >= 15 is 0 Å². The highest BCUT2D eigenvalue weighted by molar-refractivity contribution is 7.90. The standard InChI is InChI=1S/C17H22N2O5S/c1-10(6-13-11(2)7-17(20)19-18-13)12-8-15(24-4)16(25(5,21)22)9-14(12)23-3/h6,8-9,11H,7H2,1-5H3,(H,19,20). The second-order valence-corrected chi connectivity index (χ2v) is 7.96. The first kappa shape index (κ1) is 19.0. The first-order chi connectivity index (χ1) is 11.7. The Hall–Kier alpha value is -2.35. The van der Waals surface area contributed by atoms with Gasteiger partial charge in [0, 0.05) is 30.2 Å². The van der Waals surface area contributed by atoms with Crippen molar-refractivity contribution in [1.29, 1.82) is 0 Å². The maximum atomic E-state index is 11.9. The van der Waals surface area contributed by atoms with Gasteiger partial charge in [-0.05, 0) is 24.6 Å². The van der Waals surface area contributed by atoms with E-state index in [1.54, 1.807) is 6.07 Å². The molecule has 0 saturated heterocycles. The molecule has 0 saturated carbocycles. The fourth-order valence-electron chi connectivity index (χ4n) is 2.61. The first-order valence-electron chi connectivity index (χ1n) is 7.68. The summed E-state index contributed by atoms with van der Waals surface area (Å²) in [4.78, 5) is 11.4. The van der Waals surface area contributed by atoms with Crippen LogP contribution in [0.4, 0.5) is 0 Å². The highest BCUT2D eigenvalue weighted by atomic mass is 32.2. The Morgan fingerprint density at radius 1 is 1.28 bits per heavy atom. The Morgan fingerprint density at radius 3 is 2.44 bits per heavy atom. The molecular formula is C17H22N2O5S. The van der Waals surface area contributed by atoms with Gasteiger partial charge in [-0.25, -0.2) is 13.8 Å². The zero-order valence-corrected chi connectivity index (χ0v) is 15.7. The molecule has 1 unspecified atom stereocenters. The number of hydrogen-bond acceptors (Lipinski definition) is 6. The number of nitrogens with zero attached hydrogens (tertiary/aromatic N) is 1. The molecule has 1 aromatic carbocycles. The van der Waals surface area contributed by atoms with E-state index in [9.17, 15) is 13.2 Å². The lowest BCUT2D eigenvalue weighted by molar-refractivity contribution is -0.121. The van der Waals surface area contributed by atoms with E-state index in [0.29, 0.717) is 17.7 Å². The van der Waals surface area contributed by atoms with Crippen LogP contribution in [0.1, 0.15) is 25.8 Å². The molecule has 1 amide bonds. The molecule has 0 fully saturated rings. The van der Waals surface area contributed by atoms with E-state index in [-0.39, 0.29) is 22.5 Å². The molecule has 8 heteroatoms. The van der Waals surface area contributed by atoms with Gasteiger partial charge in [0.05, 0.1) is 19.9 Å². The smallest absolute Gasteiger partial charge is 0.240 e. The maximum absolute atomic E-state index is 11.9. The third-order valence-electron chi connectivity index (χ3n) is 3.98. The van der Waals surface area contributed by atoms with E-state index in [4.69, 9.17) is 9.47 Å². The van der Waals surface area contributed by atoms with Gasteiger partial charge in [0.25, 0.3) is 0 Å². The summed E-state index contributed by atoms with van der Waals surface area (Å²) in [5, 5.41) is 4.08. The van der Waals surface area contributed by atoms with Gasteiger partial charge >= 0.3 is 0 Å². The van der Waals surface area contributed by atoms with Gasteiger partial charge in [0.1, 0.15) is 16.4 Å². The normalized spacial score (nSPS) is 18.4. The summed E-state index contributed by atoms with van der Waals surface area (Å²) < 4.78 is 34.5. The number of carbonyl (C=O) groups excluding carboxylic acids is 1. The zero-order chi connectivity index (χ0) is 18.8. The predicted octanol–water partition coefficient (Wildman–Crippen LogP) is 2.02. The molecule has 1 aromatic rings. The zero-order valence-electron chi connectivity index (χ0n) is 14.9. The number of benzene rings is 1. The SMILES string of the molecule is COc1cc(S(C)(=O)=O)c(OC)cc1C(C)=CC1=NNC(=O)CC1C. The summed E-state index contributed by atoms with van der Waals surface area (Å²) in [6.07, 6.45) is 3.34. The quantitative estimate of drug-likeness (QED) is 0.860. The second kappa shape index (κ2) is 7.26. The average molecular weight is 366 g/mol. The Kier molecular flexibility index (Phi) is 5.52. The van der Waals surface area contributed by atoms with Crippen molar-refractivity contribution in [3.8, 4) is 11.5 Å². The number of amides is 1. The summed E-state index contributed by atoms with van der Waals surface area (Å²) >= 11 is 0. The monoisotopic (exact) mass is 366 g/mol. The van der Waals surface area contributed by atoms with Crippen LogP contribution in [0.3, 0.4) is 0 Å². The van der Waals surface area contributed by atoms with Crippen LogP contribution in [0, 0.1) is 5.92 Å². The highest BCUT2D eigenvalue weighted by Crippen LogP contribution is 2.36. The van der Waals surface area contributed by atoms with Crippen molar-refractivity contribution in [2.24, 2.45) is 11.0 Å². The minimum atomic E-state index is -3.46. The lowest BCUT2D eigenvalue weighted by Gasteiger charge is -2.18. The predicted molar refractivity (Wildman–Crippen MR) is 95.7 cm³/mol. The summed E-state index contributed by atoms with van der Waals surface area (Å²) in [7, 11) is -0.562. The summed E-state index contributed by atoms with van der Waals surface area (Å²) in [6.45, 7) is 3.79. The largest absolute Gasteiger partial charge is 0.496 e. The molecule has 0 radical (unpaired) electrons. The van der Waals surface area contributed by atoms with E-state index in [1.807, 2.05) is 19.9 Å². The van der Waals surface area contributed by atoms with Gasteiger partial charge in [0.2, 0.25) is 5.91 Å². The molecule has 136 valence electrons. The van der Waals surface area contributed by atoms with Crippen LogP contribution in [-0.4, -0.2) is 40.5 Å². The third kappa shape index (κ3) is 4.19. The number of ether oxygens (including phenoxy) is 2. The number of hydrogen-bond donors (Lipinski definition) is 1. The van der Waals surface area contributed by atoms with Crippen molar-refractivity contribution in [1.82, 2.24) is 5.43 Å². The summed E-state index contributed by atoms with van der Waals surface area (Å²) in [6, 6.07) is 3.09. The number of allylic oxidation sites excluding steroid dienone is 2. The van der Waals surface area contributed by atoms with Crippen molar-refractivity contribution in [3.05, 3.63) is 23.8 Å². The minimum Gasteiger partial charge on any atom is -0.496 e. The van der Waals surface area contributed by atoms with Gasteiger partial charge in [-0.1, -0.05) is 6.92 Å². The molecule has 1 heterocycles. The van der Waals surface area contributed by atoms with Crippen LogP contribution in [0.15, 0.2) is 28.2 Å². The van der Waals surface area contributed by atoms with Crippen LogP contribution in [0.2, 0.25) is 0 Å². The van der Waals surface area contributed by atoms with Gasteiger partial charge < -0.3 is 9.47 Å². The number of sulfone groups is 1. The van der Waals surface area contributed by atoms with Crippen molar-refractivity contribution in [2.75, 3.05) is 20.5 Å². The Labute approximate surface area is 147 Å². The van der Waals surface area contributed by atoms with Crippen LogP contribution in [0.5, 0.6) is 11.5 Å². The third-order valence-corrected chi connectivity index (χ3v) is 5.10. The number of nitrogens with one attached hydrogen (secondary N) is 1. The molecule has 1 aliphatic rings. The van der Waals surface area contributed by atoms with E-state index < -0.39 is 9.84 Å². The molecule has 0 bridgehead atoms. The van der Waals surface area contributed by atoms with Gasteiger partial charge in [-0.3, -0.25) is 4.79 Å². The van der Waals surface area contributed by atoms with E-state index in [2.05, 4.69) is 10.5 Å². The highest BCUT2D eigenvalue weighted by Gasteiger charge is 2.22. The van der Waals surface area contributed by atoms with E-state index in [0.717, 1.165) is 17.5 Å².